The summed E-state index contributed by atoms with van der Waals surface area (Å²) in [6, 6.07) is 6.09. The SMILES string of the molecule is CC(=O)N1CCC[C@@H](C(=O)Nc2ccc(S(=O)(=O)NC3=NCCCCC3)cc2)C1. The fourth-order valence-electron chi connectivity index (χ4n) is 3.61. The van der Waals surface area contributed by atoms with E-state index in [1.54, 1.807) is 17.0 Å². The fourth-order valence-corrected chi connectivity index (χ4v) is 4.70. The number of carbonyl (C=O) groups excluding carboxylic acids is 2. The molecule has 0 unspecified atom stereocenters. The lowest BCUT2D eigenvalue weighted by atomic mass is 9.97. The molecule has 1 saturated heterocycles. The lowest BCUT2D eigenvalue weighted by molar-refractivity contribution is -0.132. The second-order valence-corrected chi connectivity index (χ2v) is 9.24. The number of hydrogen-bond donors (Lipinski definition) is 2. The Morgan fingerprint density at radius 1 is 1.10 bits per heavy atom. The first kappa shape index (κ1) is 21.3. The van der Waals surface area contributed by atoms with Gasteiger partial charge in [-0.15, -0.1) is 0 Å². The van der Waals surface area contributed by atoms with Crippen molar-refractivity contribution in [3.8, 4) is 0 Å². The van der Waals surface area contributed by atoms with Gasteiger partial charge in [-0.25, -0.2) is 8.42 Å². The standard InChI is InChI=1S/C20H28N4O4S/c1-15(25)24-13-5-6-16(14-24)20(26)22-17-8-10-18(11-9-17)29(27,28)23-19-7-3-2-4-12-21-19/h8-11,16H,2-7,12-14H2,1H3,(H,21,23)(H,22,26)/t16-/m1/s1. The Kier molecular flexibility index (Phi) is 6.89. The number of sulfonamides is 1. The van der Waals surface area contributed by atoms with Crippen molar-refractivity contribution in [2.24, 2.45) is 10.9 Å². The molecule has 8 nitrogen and oxygen atoms in total. The summed E-state index contributed by atoms with van der Waals surface area (Å²) in [5.74, 6) is 0.0681. The number of likely N-dealkylation sites (tertiary alicyclic amines) is 1. The molecule has 9 heteroatoms. The molecule has 2 aliphatic rings. The molecule has 0 saturated carbocycles. The summed E-state index contributed by atoms with van der Waals surface area (Å²) < 4.78 is 27.7. The number of amides is 2. The van der Waals surface area contributed by atoms with Gasteiger partial charge in [-0.2, -0.15) is 0 Å². The lowest BCUT2D eigenvalue weighted by Gasteiger charge is -2.31. The molecule has 2 heterocycles. The number of benzene rings is 1. The largest absolute Gasteiger partial charge is 0.342 e. The molecule has 0 radical (unpaired) electrons. The Morgan fingerprint density at radius 2 is 1.86 bits per heavy atom. The Bertz CT molecular complexity index is 880. The van der Waals surface area contributed by atoms with Gasteiger partial charge in [0.25, 0.3) is 10.0 Å². The second kappa shape index (κ2) is 9.39. The minimum absolute atomic E-state index is 0.0252. The molecule has 0 bridgehead atoms. The number of nitrogens with zero attached hydrogens (tertiary/aromatic N) is 2. The third kappa shape index (κ3) is 5.79. The maximum Gasteiger partial charge on any atom is 0.262 e. The van der Waals surface area contributed by atoms with Crippen LogP contribution >= 0.6 is 0 Å². The van der Waals surface area contributed by atoms with Crippen molar-refractivity contribution in [3.63, 3.8) is 0 Å². The van der Waals surface area contributed by atoms with Gasteiger partial charge in [0.2, 0.25) is 11.8 Å². The third-order valence-corrected chi connectivity index (χ3v) is 6.69. The number of carbonyl (C=O) groups is 2. The van der Waals surface area contributed by atoms with Crippen LogP contribution in [0.2, 0.25) is 0 Å². The number of anilines is 1. The Labute approximate surface area is 171 Å². The van der Waals surface area contributed by atoms with E-state index in [0.717, 1.165) is 32.1 Å². The zero-order chi connectivity index (χ0) is 20.9. The minimum Gasteiger partial charge on any atom is -0.342 e. The van der Waals surface area contributed by atoms with Crippen LogP contribution in [-0.4, -0.2) is 50.6 Å². The van der Waals surface area contributed by atoms with Gasteiger partial charge in [-0.3, -0.25) is 19.3 Å². The monoisotopic (exact) mass is 420 g/mol. The summed E-state index contributed by atoms with van der Waals surface area (Å²) in [5, 5.41) is 2.82. The summed E-state index contributed by atoms with van der Waals surface area (Å²) in [6.07, 6.45) is 5.11. The van der Waals surface area contributed by atoms with Gasteiger partial charge in [0.15, 0.2) is 0 Å². The smallest absolute Gasteiger partial charge is 0.262 e. The summed E-state index contributed by atoms with van der Waals surface area (Å²) in [5.41, 5.74) is 0.528. The number of rotatable bonds is 4. The van der Waals surface area contributed by atoms with Crippen LogP contribution < -0.4 is 10.0 Å². The molecule has 0 aromatic heterocycles. The van der Waals surface area contributed by atoms with Crippen LogP contribution in [0.3, 0.4) is 0 Å². The van der Waals surface area contributed by atoms with E-state index in [-0.39, 0.29) is 22.6 Å². The highest BCUT2D eigenvalue weighted by atomic mass is 32.2. The van der Waals surface area contributed by atoms with Crippen molar-refractivity contribution in [2.75, 3.05) is 25.0 Å². The molecule has 2 amide bonds. The normalized spacial score (nSPS) is 20.4. The summed E-state index contributed by atoms with van der Waals surface area (Å²) >= 11 is 0. The predicted octanol–water partition coefficient (Wildman–Crippen LogP) is 2.13. The van der Waals surface area contributed by atoms with Gasteiger partial charge in [0.05, 0.1) is 10.8 Å². The topological polar surface area (TPSA) is 108 Å². The molecule has 1 aromatic carbocycles. The van der Waals surface area contributed by atoms with Gasteiger partial charge >= 0.3 is 0 Å². The van der Waals surface area contributed by atoms with Crippen LogP contribution in [0.25, 0.3) is 0 Å². The Balaban J connectivity index is 1.61. The molecular formula is C20H28N4O4S. The number of hydrogen-bond acceptors (Lipinski definition) is 5. The number of aliphatic imine (C=N–C) groups is 1. The highest BCUT2D eigenvalue weighted by Crippen LogP contribution is 2.20. The van der Waals surface area contributed by atoms with E-state index in [2.05, 4.69) is 15.0 Å². The highest BCUT2D eigenvalue weighted by molar-refractivity contribution is 7.90. The van der Waals surface area contributed by atoms with Crippen molar-refractivity contribution in [3.05, 3.63) is 24.3 Å². The summed E-state index contributed by atoms with van der Waals surface area (Å²) in [6.45, 7) is 3.25. The van der Waals surface area contributed by atoms with Gasteiger partial charge in [0.1, 0.15) is 5.84 Å². The average molecular weight is 421 g/mol. The number of nitrogens with one attached hydrogen (secondary N) is 2. The zero-order valence-corrected chi connectivity index (χ0v) is 17.5. The highest BCUT2D eigenvalue weighted by Gasteiger charge is 2.27. The molecule has 29 heavy (non-hydrogen) atoms. The Morgan fingerprint density at radius 3 is 2.59 bits per heavy atom. The first-order chi connectivity index (χ1) is 13.8. The van der Waals surface area contributed by atoms with Crippen molar-refractivity contribution in [1.82, 2.24) is 9.62 Å². The van der Waals surface area contributed by atoms with Gasteiger partial charge < -0.3 is 10.2 Å². The van der Waals surface area contributed by atoms with Crippen LogP contribution in [0, 0.1) is 5.92 Å². The maximum absolute atomic E-state index is 12.6. The van der Waals surface area contributed by atoms with E-state index in [1.807, 2.05) is 0 Å². The molecule has 1 aromatic rings. The Hall–Kier alpha value is -2.42. The van der Waals surface area contributed by atoms with E-state index in [1.165, 1.54) is 19.1 Å². The quantitative estimate of drug-likeness (QED) is 0.778. The average Bonchev–Trinajstić information content (AvgIpc) is 2.96. The van der Waals surface area contributed by atoms with Gasteiger partial charge in [-0.1, -0.05) is 6.42 Å². The van der Waals surface area contributed by atoms with Crippen molar-refractivity contribution >= 4 is 33.4 Å². The first-order valence-corrected chi connectivity index (χ1v) is 11.6. The van der Waals surface area contributed by atoms with Gasteiger partial charge in [0, 0.05) is 38.7 Å². The molecule has 0 spiro atoms. The second-order valence-electron chi connectivity index (χ2n) is 7.56. The zero-order valence-electron chi connectivity index (χ0n) is 16.7. The van der Waals surface area contributed by atoms with E-state index in [4.69, 9.17) is 0 Å². The van der Waals surface area contributed by atoms with Crippen molar-refractivity contribution in [1.29, 1.82) is 0 Å². The van der Waals surface area contributed by atoms with E-state index < -0.39 is 10.0 Å². The molecule has 3 rings (SSSR count). The van der Waals surface area contributed by atoms with E-state index in [0.29, 0.717) is 37.6 Å². The van der Waals surface area contributed by atoms with E-state index in [9.17, 15) is 18.0 Å². The number of amidine groups is 1. The lowest BCUT2D eigenvalue weighted by Crippen LogP contribution is -2.42. The molecular weight excluding hydrogens is 392 g/mol. The first-order valence-electron chi connectivity index (χ1n) is 10.1. The number of piperidine rings is 1. The molecule has 1 atom stereocenters. The maximum atomic E-state index is 12.6. The summed E-state index contributed by atoms with van der Waals surface area (Å²) in [7, 11) is -3.70. The van der Waals surface area contributed by atoms with Crippen molar-refractivity contribution < 1.29 is 18.0 Å². The molecule has 1 fully saturated rings. The van der Waals surface area contributed by atoms with E-state index >= 15 is 0 Å². The van der Waals surface area contributed by atoms with Crippen LogP contribution in [-0.2, 0) is 19.6 Å². The van der Waals surface area contributed by atoms with Crippen LogP contribution in [0.1, 0.15) is 45.4 Å². The van der Waals surface area contributed by atoms with Crippen LogP contribution in [0.15, 0.2) is 34.2 Å². The predicted molar refractivity (Wildman–Crippen MR) is 111 cm³/mol. The molecule has 158 valence electrons. The van der Waals surface area contributed by atoms with Crippen LogP contribution in [0.4, 0.5) is 5.69 Å². The van der Waals surface area contributed by atoms with Crippen molar-refractivity contribution in [2.45, 2.75) is 50.3 Å². The minimum atomic E-state index is -3.70. The molecule has 0 aliphatic carbocycles. The molecule has 2 N–H and O–H groups in total. The van der Waals surface area contributed by atoms with Crippen LogP contribution in [0.5, 0.6) is 0 Å². The molecule has 2 aliphatic heterocycles. The van der Waals surface area contributed by atoms with Gasteiger partial charge in [-0.05, 0) is 49.9 Å². The fraction of sp³-hybridized carbons (Fsp3) is 0.550. The summed E-state index contributed by atoms with van der Waals surface area (Å²) in [4.78, 5) is 30.2. The third-order valence-electron chi connectivity index (χ3n) is 5.30.